The van der Waals surface area contributed by atoms with E-state index in [1.807, 2.05) is 6.07 Å². The summed E-state index contributed by atoms with van der Waals surface area (Å²) in [6.45, 7) is 2.72. The van der Waals surface area contributed by atoms with Crippen molar-refractivity contribution in [3.63, 3.8) is 0 Å². The van der Waals surface area contributed by atoms with Crippen LogP contribution in [0.2, 0.25) is 0 Å². The lowest BCUT2D eigenvalue weighted by atomic mass is 10.0. The number of nitrogens with two attached hydrogens (primary N) is 1. The van der Waals surface area contributed by atoms with Gasteiger partial charge >= 0.3 is 0 Å². The zero-order valence-electron chi connectivity index (χ0n) is 8.95. The second-order valence-corrected chi connectivity index (χ2v) is 3.72. The van der Waals surface area contributed by atoms with E-state index in [0.717, 1.165) is 23.0 Å². The van der Waals surface area contributed by atoms with Crippen molar-refractivity contribution in [3.05, 3.63) is 23.3 Å². The average Bonchev–Trinajstić information content (AvgIpc) is 2.73. The second kappa shape index (κ2) is 4.40. The highest BCUT2D eigenvalue weighted by Gasteiger charge is 2.08. The molecule has 1 aromatic carbocycles. The maximum atomic E-state index is 5.77. The van der Waals surface area contributed by atoms with Crippen LogP contribution in [0.4, 0.5) is 0 Å². The molecule has 0 radical (unpaired) electrons. The van der Waals surface area contributed by atoms with Crippen molar-refractivity contribution in [2.75, 3.05) is 0 Å². The van der Waals surface area contributed by atoms with Crippen LogP contribution in [-0.2, 0) is 13.0 Å². The Hall–Kier alpha value is -1.42. The molecule has 15 heavy (non-hydrogen) atoms. The van der Waals surface area contributed by atoms with Gasteiger partial charge in [-0.05, 0) is 30.0 Å². The van der Waals surface area contributed by atoms with Gasteiger partial charge < -0.3 is 5.73 Å². The molecule has 2 aromatic rings. The zero-order valence-corrected chi connectivity index (χ0v) is 8.95. The largest absolute Gasteiger partial charge is 0.326 e. The summed E-state index contributed by atoms with van der Waals surface area (Å²) in [4.78, 5) is 0. The molecule has 1 aromatic heterocycles. The first kappa shape index (κ1) is 10.1. The summed E-state index contributed by atoms with van der Waals surface area (Å²) in [5, 5.41) is 10.7. The van der Waals surface area contributed by atoms with Crippen molar-refractivity contribution >= 4 is 11.0 Å². The minimum atomic E-state index is 0.531. The molecule has 0 aliphatic heterocycles. The van der Waals surface area contributed by atoms with Crippen molar-refractivity contribution in [3.8, 4) is 0 Å². The molecule has 0 fully saturated rings. The molecule has 1 heterocycles. The van der Waals surface area contributed by atoms with Crippen molar-refractivity contribution < 1.29 is 0 Å². The van der Waals surface area contributed by atoms with Gasteiger partial charge in [-0.15, -0.1) is 5.10 Å². The van der Waals surface area contributed by atoms with Crippen molar-refractivity contribution in [2.24, 2.45) is 5.73 Å². The molecular formula is C11H16N4. The van der Waals surface area contributed by atoms with Crippen LogP contribution < -0.4 is 5.73 Å². The summed E-state index contributed by atoms with van der Waals surface area (Å²) in [5.41, 5.74) is 10.1. The van der Waals surface area contributed by atoms with E-state index in [9.17, 15) is 0 Å². The van der Waals surface area contributed by atoms with Crippen LogP contribution in [0.3, 0.4) is 0 Å². The Kier molecular flexibility index (Phi) is 2.97. The summed E-state index contributed by atoms with van der Waals surface area (Å²) >= 11 is 0. The summed E-state index contributed by atoms with van der Waals surface area (Å²) in [6, 6.07) is 4.15. The Morgan fingerprint density at radius 2 is 2.27 bits per heavy atom. The highest BCUT2D eigenvalue weighted by molar-refractivity contribution is 5.78. The van der Waals surface area contributed by atoms with E-state index in [-0.39, 0.29) is 0 Å². The third-order valence-corrected chi connectivity index (χ3v) is 2.70. The standard InChI is InChI=1S/C11H16N4/c1-2-3-4-8-5-6-10-11(9(8)7-12)14-15-13-10/h5-6H,2-4,7,12H2,1H3,(H,13,14,15). The number of hydrogen-bond donors (Lipinski definition) is 2. The number of fused-ring (bicyclic) bond motifs is 1. The number of nitrogens with zero attached hydrogens (tertiary/aromatic N) is 2. The molecule has 3 N–H and O–H groups in total. The van der Waals surface area contributed by atoms with E-state index in [4.69, 9.17) is 5.73 Å². The molecule has 0 unspecified atom stereocenters. The SMILES string of the molecule is CCCCc1ccc2[nH]nnc2c1CN. The van der Waals surface area contributed by atoms with Gasteiger partial charge in [0.05, 0.1) is 5.52 Å². The van der Waals surface area contributed by atoms with Crippen LogP contribution in [-0.4, -0.2) is 15.4 Å². The molecule has 0 spiro atoms. The van der Waals surface area contributed by atoms with Gasteiger partial charge in [0.15, 0.2) is 0 Å². The van der Waals surface area contributed by atoms with Crippen LogP contribution in [0, 0.1) is 0 Å². The third-order valence-electron chi connectivity index (χ3n) is 2.70. The van der Waals surface area contributed by atoms with Gasteiger partial charge in [0, 0.05) is 6.54 Å². The molecule has 0 bridgehead atoms. The molecule has 0 saturated carbocycles. The van der Waals surface area contributed by atoms with Gasteiger partial charge in [0.2, 0.25) is 0 Å². The normalized spacial score (nSPS) is 11.1. The van der Waals surface area contributed by atoms with Gasteiger partial charge in [-0.2, -0.15) is 0 Å². The Balaban J connectivity index is 2.44. The number of aromatic nitrogens is 3. The minimum absolute atomic E-state index is 0.531. The molecule has 0 aliphatic carbocycles. The Bertz CT molecular complexity index is 447. The van der Waals surface area contributed by atoms with Crippen LogP contribution in [0.5, 0.6) is 0 Å². The number of unbranched alkanes of at least 4 members (excludes halogenated alkanes) is 1. The van der Waals surface area contributed by atoms with Crippen LogP contribution in [0.25, 0.3) is 11.0 Å². The summed E-state index contributed by atoms with van der Waals surface area (Å²) in [5.74, 6) is 0. The fraction of sp³-hybridized carbons (Fsp3) is 0.455. The topological polar surface area (TPSA) is 67.6 Å². The number of H-pyrrole nitrogens is 1. The van der Waals surface area contributed by atoms with Crippen LogP contribution in [0.1, 0.15) is 30.9 Å². The smallest absolute Gasteiger partial charge is 0.117 e. The monoisotopic (exact) mass is 204 g/mol. The summed E-state index contributed by atoms with van der Waals surface area (Å²) in [6.07, 6.45) is 3.46. The Morgan fingerprint density at radius 1 is 1.40 bits per heavy atom. The van der Waals surface area contributed by atoms with Crippen molar-refractivity contribution in [1.82, 2.24) is 15.4 Å². The molecule has 80 valence electrons. The molecule has 4 nitrogen and oxygen atoms in total. The number of nitrogens with one attached hydrogen (secondary N) is 1. The molecular weight excluding hydrogens is 188 g/mol. The quantitative estimate of drug-likeness (QED) is 0.797. The minimum Gasteiger partial charge on any atom is -0.326 e. The Labute approximate surface area is 88.9 Å². The lowest BCUT2D eigenvalue weighted by molar-refractivity contribution is 0.787. The first-order valence-electron chi connectivity index (χ1n) is 5.38. The molecule has 0 saturated heterocycles. The predicted molar refractivity (Wildman–Crippen MR) is 60.4 cm³/mol. The highest BCUT2D eigenvalue weighted by Crippen LogP contribution is 2.20. The highest BCUT2D eigenvalue weighted by atomic mass is 15.3. The van der Waals surface area contributed by atoms with Crippen molar-refractivity contribution in [2.45, 2.75) is 32.7 Å². The molecule has 2 rings (SSSR count). The van der Waals surface area contributed by atoms with Crippen molar-refractivity contribution in [1.29, 1.82) is 0 Å². The fourth-order valence-electron chi connectivity index (χ4n) is 1.84. The molecule has 0 amide bonds. The molecule has 0 atom stereocenters. The van der Waals surface area contributed by atoms with Gasteiger partial charge in [0.25, 0.3) is 0 Å². The fourth-order valence-corrected chi connectivity index (χ4v) is 1.84. The van der Waals surface area contributed by atoms with E-state index >= 15 is 0 Å². The van der Waals surface area contributed by atoms with E-state index < -0.39 is 0 Å². The van der Waals surface area contributed by atoms with E-state index in [2.05, 4.69) is 28.4 Å². The van der Waals surface area contributed by atoms with E-state index in [1.165, 1.54) is 18.4 Å². The summed E-state index contributed by atoms with van der Waals surface area (Å²) < 4.78 is 0. The number of hydrogen-bond acceptors (Lipinski definition) is 3. The number of rotatable bonds is 4. The average molecular weight is 204 g/mol. The van der Waals surface area contributed by atoms with E-state index in [1.54, 1.807) is 0 Å². The zero-order chi connectivity index (χ0) is 10.7. The van der Waals surface area contributed by atoms with Gasteiger partial charge in [-0.25, -0.2) is 0 Å². The lowest BCUT2D eigenvalue weighted by Gasteiger charge is -2.06. The van der Waals surface area contributed by atoms with Crippen LogP contribution in [0.15, 0.2) is 12.1 Å². The van der Waals surface area contributed by atoms with E-state index in [0.29, 0.717) is 6.54 Å². The number of aryl methyl sites for hydroxylation is 1. The van der Waals surface area contributed by atoms with Gasteiger partial charge in [-0.1, -0.05) is 24.6 Å². The predicted octanol–water partition coefficient (Wildman–Crippen LogP) is 1.76. The van der Waals surface area contributed by atoms with Gasteiger partial charge in [-0.3, -0.25) is 5.10 Å². The van der Waals surface area contributed by atoms with Crippen LogP contribution >= 0.6 is 0 Å². The maximum Gasteiger partial charge on any atom is 0.117 e. The second-order valence-electron chi connectivity index (χ2n) is 3.72. The molecule has 4 heteroatoms. The molecule has 0 aliphatic rings. The maximum absolute atomic E-state index is 5.77. The van der Waals surface area contributed by atoms with Gasteiger partial charge in [0.1, 0.15) is 5.52 Å². The first-order valence-corrected chi connectivity index (χ1v) is 5.38. The Morgan fingerprint density at radius 3 is 3.00 bits per heavy atom. The lowest BCUT2D eigenvalue weighted by Crippen LogP contribution is -2.03. The summed E-state index contributed by atoms with van der Waals surface area (Å²) in [7, 11) is 0. The first-order chi connectivity index (χ1) is 7.36. The number of aromatic amines is 1. The number of benzene rings is 1. The third kappa shape index (κ3) is 1.85.